The van der Waals surface area contributed by atoms with Crippen LogP contribution in [-0.4, -0.2) is 66.7 Å². The second-order valence-corrected chi connectivity index (χ2v) is 12.2. The molecule has 0 spiro atoms. The van der Waals surface area contributed by atoms with Crippen molar-refractivity contribution in [1.29, 1.82) is 0 Å². The predicted molar refractivity (Wildman–Crippen MR) is 187 cm³/mol. The average Bonchev–Trinajstić information content (AvgIpc) is 3.78. The monoisotopic (exact) mass is 647 g/mol. The molecule has 1 aromatic heterocycles. The topological polar surface area (TPSA) is 104 Å². The maximum absolute atomic E-state index is 12.6. The first-order valence-electron chi connectivity index (χ1n) is 16.6. The molecule has 2 N–H and O–H groups in total. The van der Waals surface area contributed by atoms with Crippen LogP contribution in [0.5, 0.6) is 17.2 Å². The van der Waals surface area contributed by atoms with Crippen LogP contribution in [0, 0.1) is 0 Å². The quantitative estimate of drug-likeness (QED) is 0.161. The predicted octanol–water partition coefficient (Wildman–Crippen LogP) is 6.70. The highest BCUT2D eigenvalue weighted by atomic mass is 16.7. The number of rotatable bonds is 12. The second kappa shape index (κ2) is 14.3. The molecule has 7 rings (SSSR count). The van der Waals surface area contributed by atoms with Crippen molar-refractivity contribution in [3.05, 3.63) is 97.3 Å². The van der Waals surface area contributed by atoms with Crippen molar-refractivity contribution < 1.29 is 19.1 Å². The molecule has 3 aliphatic heterocycles. The molecule has 4 heterocycles. The first-order valence-corrected chi connectivity index (χ1v) is 16.6. The molecule has 11 nitrogen and oxygen atoms in total. The van der Waals surface area contributed by atoms with Crippen LogP contribution in [0.15, 0.2) is 91.8 Å². The molecule has 3 aliphatic rings. The Hall–Kier alpha value is -5.13. The Balaban J connectivity index is 1.14. The van der Waals surface area contributed by atoms with Crippen LogP contribution in [0.1, 0.15) is 37.3 Å². The number of para-hydroxylation sites is 1. The summed E-state index contributed by atoms with van der Waals surface area (Å²) in [7, 11) is 1.65. The van der Waals surface area contributed by atoms with E-state index in [1.807, 2.05) is 71.8 Å². The van der Waals surface area contributed by atoms with Crippen molar-refractivity contribution in [2.24, 2.45) is 0 Å². The molecular formula is C37H41N7O4. The summed E-state index contributed by atoms with van der Waals surface area (Å²) in [5, 5.41) is 8.27. The molecule has 0 aliphatic carbocycles. The molecule has 0 bridgehead atoms. The number of anilines is 5. The van der Waals surface area contributed by atoms with Crippen LogP contribution in [0.4, 0.5) is 28.7 Å². The molecule has 3 saturated heterocycles. The first kappa shape index (κ1) is 31.5. The highest BCUT2D eigenvalue weighted by molar-refractivity contribution is 6.02. The number of nitrogens with one attached hydrogen (secondary N) is 2. The number of methoxy groups -OCH3 is 1. The Morgan fingerprint density at radius 2 is 1.83 bits per heavy atom. The third kappa shape index (κ3) is 6.92. The average molecular weight is 648 g/mol. The van der Waals surface area contributed by atoms with Crippen molar-refractivity contribution in [3.63, 3.8) is 0 Å². The van der Waals surface area contributed by atoms with Crippen LogP contribution in [-0.2, 0) is 9.63 Å². The van der Waals surface area contributed by atoms with Crippen molar-refractivity contribution in [3.8, 4) is 17.2 Å². The summed E-state index contributed by atoms with van der Waals surface area (Å²) in [6.07, 6.45) is 7.06. The van der Waals surface area contributed by atoms with E-state index >= 15 is 0 Å². The number of nitrogens with zero attached hydrogens (tertiary/aromatic N) is 5. The van der Waals surface area contributed by atoms with E-state index in [1.54, 1.807) is 7.11 Å². The Morgan fingerprint density at radius 3 is 2.62 bits per heavy atom. The van der Waals surface area contributed by atoms with Crippen LogP contribution in [0.3, 0.4) is 0 Å². The molecule has 2 unspecified atom stereocenters. The lowest BCUT2D eigenvalue weighted by molar-refractivity contribution is -0.111. The van der Waals surface area contributed by atoms with Crippen LogP contribution in [0.2, 0.25) is 0 Å². The van der Waals surface area contributed by atoms with Gasteiger partial charge in [-0.3, -0.25) is 9.63 Å². The van der Waals surface area contributed by atoms with Crippen LogP contribution < -0.4 is 30.1 Å². The van der Waals surface area contributed by atoms with E-state index in [2.05, 4.69) is 43.0 Å². The fraction of sp³-hybridized carbons (Fsp3) is 0.324. The zero-order chi connectivity index (χ0) is 32.9. The van der Waals surface area contributed by atoms with Gasteiger partial charge in [0.2, 0.25) is 5.91 Å². The van der Waals surface area contributed by atoms with Gasteiger partial charge in [0.15, 0.2) is 5.82 Å². The number of aromatic nitrogens is 2. The maximum atomic E-state index is 12.6. The molecule has 0 radical (unpaired) electrons. The summed E-state index contributed by atoms with van der Waals surface area (Å²) in [5.74, 6) is 3.08. The smallest absolute Gasteiger partial charge is 0.247 e. The Bertz CT molecular complexity index is 1750. The normalized spacial score (nSPS) is 19.1. The van der Waals surface area contributed by atoms with Crippen molar-refractivity contribution in [2.75, 3.05) is 60.5 Å². The fourth-order valence-corrected chi connectivity index (χ4v) is 6.64. The molecule has 11 heteroatoms. The highest BCUT2D eigenvalue weighted by Crippen LogP contribution is 2.42. The summed E-state index contributed by atoms with van der Waals surface area (Å²) in [6.45, 7) is 8.45. The number of benzene rings is 3. The number of carbonyl (C=O) groups excluding carboxylic acids is 1. The summed E-state index contributed by atoms with van der Waals surface area (Å²) < 4.78 is 12.0. The largest absolute Gasteiger partial charge is 0.494 e. The molecule has 2 atom stereocenters. The van der Waals surface area contributed by atoms with E-state index in [0.717, 1.165) is 68.2 Å². The molecular weight excluding hydrogens is 606 g/mol. The molecule has 3 aromatic carbocycles. The van der Waals surface area contributed by atoms with Gasteiger partial charge in [-0.05, 0) is 74.3 Å². The Morgan fingerprint density at radius 1 is 0.979 bits per heavy atom. The lowest BCUT2D eigenvalue weighted by Crippen LogP contribution is -2.46. The molecule has 4 aromatic rings. The fourth-order valence-electron chi connectivity index (χ4n) is 6.64. The minimum Gasteiger partial charge on any atom is -0.494 e. The van der Waals surface area contributed by atoms with E-state index in [1.165, 1.54) is 18.8 Å². The third-order valence-electron chi connectivity index (χ3n) is 9.13. The van der Waals surface area contributed by atoms with Gasteiger partial charge in [-0.1, -0.05) is 36.9 Å². The lowest BCUT2D eigenvalue weighted by Gasteiger charge is -2.37. The minimum atomic E-state index is -0.273. The third-order valence-corrected chi connectivity index (χ3v) is 9.13. The molecule has 0 saturated carbocycles. The van der Waals surface area contributed by atoms with E-state index in [-0.39, 0.29) is 11.9 Å². The summed E-state index contributed by atoms with van der Waals surface area (Å²) >= 11 is 0. The van der Waals surface area contributed by atoms with Gasteiger partial charge in [-0.15, -0.1) is 0 Å². The molecule has 248 valence electrons. The van der Waals surface area contributed by atoms with E-state index in [9.17, 15) is 4.79 Å². The van der Waals surface area contributed by atoms with Gasteiger partial charge in [-0.2, -0.15) is 0 Å². The number of hydrogen-bond donors (Lipinski definition) is 2. The number of hydrogen-bond acceptors (Lipinski definition) is 10. The summed E-state index contributed by atoms with van der Waals surface area (Å²) in [5.41, 5.74) is 3.34. The van der Waals surface area contributed by atoms with Gasteiger partial charge in [0.1, 0.15) is 29.4 Å². The molecule has 1 amide bonds. The molecule has 3 fully saturated rings. The zero-order valence-corrected chi connectivity index (χ0v) is 27.2. The number of ether oxygens (including phenoxy) is 2. The SMILES string of the molecule is C=CC(=O)Nc1cc(Nc2cc(N3OCCC3c3cccc(Oc4ccccc4)c3)ncn2)c(OC)cc1N1CCCC1CN1CCC1. The van der Waals surface area contributed by atoms with E-state index in [4.69, 9.17) is 14.3 Å². The Labute approximate surface area is 281 Å². The Kier molecular flexibility index (Phi) is 9.39. The van der Waals surface area contributed by atoms with Crippen LogP contribution in [0.25, 0.3) is 0 Å². The first-order chi connectivity index (χ1) is 23.6. The number of likely N-dealkylation sites (tertiary alicyclic amines) is 1. The van der Waals surface area contributed by atoms with E-state index in [0.29, 0.717) is 41.4 Å². The van der Waals surface area contributed by atoms with Crippen molar-refractivity contribution >= 4 is 34.6 Å². The maximum Gasteiger partial charge on any atom is 0.247 e. The molecule has 48 heavy (non-hydrogen) atoms. The zero-order valence-electron chi connectivity index (χ0n) is 27.2. The number of hydroxylamine groups is 1. The van der Waals surface area contributed by atoms with Crippen LogP contribution >= 0.6 is 0 Å². The summed E-state index contributed by atoms with van der Waals surface area (Å²) in [4.78, 5) is 32.6. The van der Waals surface area contributed by atoms with Gasteiger partial charge in [-0.25, -0.2) is 15.0 Å². The van der Waals surface area contributed by atoms with Gasteiger partial charge in [0.25, 0.3) is 0 Å². The second-order valence-electron chi connectivity index (χ2n) is 12.2. The minimum absolute atomic E-state index is 0.0636. The highest BCUT2D eigenvalue weighted by Gasteiger charge is 2.32. The standard InChI is InChI=1S/C37H41N7O4/c1-3-37(45)41-30-21-31(34(46-2)22-33(30)43-18-8-11-27(43)24-42-16-9-17-42)40-35-23-36(39-25-38-35)44-32(15-19-47-44)26-10-7-14-29(20-26)48-28-12-5-4-6-13-28/h3-7,10,12-14,20-23,25,27,32H,1,8-9,11,15-19,24H2,2H3,(H,41,45)(H,38,39,40). The number of amides is 1. The lowest BCUT2D eigenvalue weighted by atomic mass is 10.0. The van der Waals surface area contributed by atoms with Gasteiger partial charge >= 0.3 is 0 Å². The van der Waals surface area contributed by atoms with Gasteiger partial charge in [0, 0.05) is 37.7 Å². The van der Waals surface area contributed by atoms with E-state index < -0.39 is 0 Å². The summed E-state index contributed by atoms with van der Waals surface area (Å²) in [6, 6.07) is 23.9. The van der Waals surface area contributed by atoms with Crippen molar-refractivity contribution in [1.82, 2.24) is 14.9 Å². The number of carbonyl (C=O) groups is 1. The van der Waals surface area contributed by atoms with Gasteiger partial charge < -0.3 is 29.9 Å². The van der Waals surface area contributed by atoms with Gasteiger partial charge in [0.05, 0.1) is 36.8 Å². The van der Waals surface area contributed by atoms with Crippen molar-refractivity contribution in [2.45, 2.75) is 37.8 Å².